The van der Waals surface area contributed by atoms with Gasteiger partial charge in [-0.1, -0.05) is 0 Å². The van der Waals surface area contributed by atoms with E-state index in [4.69, 9.17) is 4.74 Å². The van der Waals surface area contributed by atoms with Crippen LogP contribution in [0.2, 0.25) is 0 Å². The molecule has 0 saturated carbocycles. The molecule has 6 nitrogen and oxygen atoms in total. The van der Waals surface area contributed by atoms with E-state index in [0.29, 0.717) is 32.8 Å². The molecular weight excluding hydrogens is 234 g/mol. The molecule has 18 heavy (non-hydrogen) atoms. The Labute approximate surface area is 107 Å². The maximum absolute atomic E-state index is 12.4. The van der Waals surface area contributed by atoms with E-state index in [1.165, 1.54) is 0 Å². The van der Waals surface area contributed by atoms with Gasteiger partial charge in [-0.2, -0.15) is 0 Å². The van der Waals surface area contributed by atoms with Gasteiger partial charge in [-0.05, 0) is 13.8 Å². The third-order valence-corrected chi connectivity index (χ3v) is 3.69. The average molecular weight is 255 g/mol. The van der Waals surface area contributed by atoms with Crippen molar-refractivity contribution >= 4 is 11.8 Å². The minimum Gasteiger partial charge on any atom is -0.378 e. The Bertz CT molecular complexity index is 350. The van der Waals surface area contributed by atoms with Crippen LogP contribution in [0.4, 0.5) is 0 Å². The monoisotopic (exact) mass is 255 g/mol. The molecule has 0 aliphatic carbocycles. The van der Waals surface area contributed by atoms with E-state index in [0.717, 1.165) is 0 Å². The molecule has 0 aromatic heterocycles. The molecule has 6 heteroatoms. The maximum atomic E-state index is 12.4. The van der Waals surface area contributed by atoms with Crippen molar-refractivity contribution in [2.24, 2.45) is 0 Å². The Morgan fingerprint density at radius 2 is 2.17 bits per heavy atom. The summed E-state index contributed by atoms with van der Waals surface area (Å²) in [6, 6.07) is -0.325. The first kappa shape index (κ1) is 13.3. The van der Waals surface area contributed by atoms with Crippen molar-refractivity contribution in [2.75, 3.05) is 39.9 Å². The molecule has 2 saturated heterocycles. The van der Waals surface area contributed by atoms with Gasteiger partial charge in [0.15, 0.2) is 0 Å². The average Bonchev–Trinajstić information content (AvgIpc) is 2.36. The fourth-order valence-corrected chi connectivity index (χ4v) is 2.51. The predicted octanol–water partition coefficient (Wildman–Crippen LogP) is -0.946. The van der Waals surface area contributed by atoms with E-state index >= 15 is 0 Å². The summed E-state index contributed by atoms with van der Waals surface area (Å²) in [6.07, 6.45) is 0. The first-order valence-corrected chi connectivity index (χ1v) is 6.33. The van der Waals surface area contributed by atoms with Gasteiger partial charge in [0, 0.05) is 26.7 Å². The van der Waals surface area contributed by atoms with Crippen LogP contribution in [-0.2, 0) is 14.3 Å². The maximum Gasteiger partial charge on any atom is 0.247 e. The van der Waals surface area contributed by atoms with Gasteiger partial charge in [-0.25, -0.2) is 0 Å². The van der Waals surface area contributed by atoms with E-state index in [-0.39, 0.29) is 17.9 Å². The highest BCUT2D eigenvalue weighted by molar-refractivity contribution is 5.93. The SMILES string of the molecule is CN1CCN(C(=O)C2COCCN2)C(C)(C)C1=O. The second-order valence-corrected chi connectivity index (χ2v) is 5.36. The summed E-state index contributed by atoms with van der Waals surface area (Å²) < 4.78 is 5.30. The molecule has 0 aromatic carbocycles. The molecule has 2 aliphatic heterocycles. The highest BCUT2D eigenvalue weighted by Crippen LogP contribution is 2.22. The number of ether oxygens (including phenoxy) is 1. The minimum absolute atomic E-state index is 0.0150. The third kappa shape index (κ3) is 2.22. The van der Waals surface area contributed by atoms with E-state index < -0.39 is 5.54 Å². The Balaban J connectivity index is 2.11. The van der Waals surface area contributed by atoms with Crippen molar-refractivity contribution in [2.45, 2.75) is 25.4 Å². The second-order valence-electron chi connectivity index (χ2n) is 5.36. The van der Waals surface area contributed by atoms with E-state index in [1.54, 1.807) is 30.7 Å². The quantitative estimate of drug-likeness (QED) is 0.656. The van der Waals surface area contributed by atoms with Crippen LogP contribution in [0.25, 0.3) is 0 Å². The lowest BCUT2D eigenvalue weighted by molar-refractivity contribution is -0.159. The van der Waals surface area contributed by atoms with Crippen molar-refractivity contribution in [1.29, 1.82) is 0 Å². The number of piperazine rings is 1. The molecule has 1 N–H and O–H groups in total. The summed E-state index contributed by atoms with van der Waals surface area (Å²) in [5.41, 5.74) is -0.775. The number of nitrogens with zero attached hydrogens (tertiary/aromatic N) is 2. The largest absolute Gasteiger partial charge is 0.378 e. The first-order chi connectivity index (χ1) is 8.44. The summed E-state index contributed by atoms with van der Waals surface area (Å²) in [6.45, 7) is 6.45. The van der Waals surface area contributed by atoms with Gasteiger partial charge in [-0.15, -0.1) is 0 Å². The van der Waals surface area contributed by atoms with Gasteiger partial charge in [0.2, 0.25) is 11.8 Å². The second kappa shape index (κ2) is 4.85. The van der Waals surface area contributed by atoms with Crippen LogP contribution < -0.4 is 5.32 Å². The van der Waals surface area contributed by atoms with Crippen molar-refractivity contribution < 1.29 is 14.3 Å². The fourth-order valence-electron chi connectivity index (χ4n) is 2.51. The first-order valence-electron chi connectivity index (χ1n) is 6.33. The lowest BCUT2D eigenvalue weighted by Crippen LogP contribution is -2.67. The van der Waals surface area contributed by atoms with Gasteiger partial charge in [0.25, 0.3) is 0 Å². The zero-order valence-corrected chi connectivity index (χ0v) is 11.2. The summed E-state index contributed by atoms with van der Waals surface area (Å²) in [5.74, 6) is -0.0556. The molecule has 2 aliphatic rings. The summed E-state index contributed by atoms with van der Waals surface area (Å²) in [7, 11) is 1.77. The van der Waals surface area contributed by atoms with Gasteiger partial charge in [-0.3, -0.25) is 9.59 Å². The zero-order chi connectivity index (χ0) is 13.3. The van der Waals surface area contributed by atoms with Crippen molar-refractivity contribution in [3.63, 3.8) is 0 Å². The van der Waals surface area contributed by atoms with Gasteiger partial charge >= 0.3 is 0 Å². The minimum atomic E-state index is -0.775. The van der Waals surface area contributed by atoms with Crippen molar-refractivity contribution in [1.82, 2.24) is 15.1 Å². The molecule has 0 spiro atoms. The molecule has 2 amide bonds. The molecule has 2 fully saturated rings. The van der Waals surface area contributed by atoms with Crippen molar-refractivity contribution in [3.05, 3.63) is 0 Å². The van der Waals surface area contributed by atoms with Crippen LogP contribution in [0.3, 0.4) is 0 Å². The molecule has 102 valence electrons. The number of nitrogens with one attached hydrogen (secondary N) is 1. The number of hydrogen-bond acceptors (Lipinski definition) is 4. The van der Waals surface area contributed by atoms with E-state index in [2.05, 4.69) is 5.32 Å². The number of morpholine rings is 1. The highest BCUT2D eigenvalue weighted by Gasteiger charge is 2.44. The molecule has 0 radical (unpaired) electrons. The number of amides is 2. The topological polar surface area (TPSA) is 61.9 Å². The van der Waals surface area contributed by atoms with Gasteiger partial charge in [0.1, 0.15) is 11.6 Å². The standard InChI is InChI=1S/C12H21N3O3/c1-12(2)11(17)14(3)5-6-15(12)10(16)9-8-18-7-4-13-9/h9,13H,4-8H2,1-3H3. The Morgan fingerprint density at radius 1 is 1.44 bits per heavy atom. The summed E-state index contributed by atoms with van der Waals surface area (Å²) >= 11 is 0. The van der Waals surface area contributed by atoms with E-state index in [9.17, 15) is 9.59 Å². The van der Waals surface area contributed by atoms with Crippen LogP contribution in [0.1, 0.15) is 13.8 Å². The summed E-state index contributed by atoms with van der Waals surface area (Å²) in [5, 5.41) is 3.14. The number of hydrogen-bond donors (Lipinski definition) is 1. The lowest BCUT2D eigenvalue weighted by atomic mass is 9.96. The molecule has 2 rings (SSSR count). The van der Waals surface area contributed by atoms with Crippen LogP contribution >= 0.6 is 0 Å². The predicted molar refractivity (Wildman–Crippen MR) is 66.0 cm³/mol. The molecule has 0 bridgehead atoms. The molecule has 1 atom stereocenters. The lowest BCUT2D eigenvalue weighted by Gasteiger charge is -2.46. The molecule has 2 heterocycles. The highest BCUT2D eigenvalue weighted by atomic mass is 16.5. The summed E-state index contributed by atoms with van der Waals surface area (Å²) in [4.78, 5) is 27.9. The molecule has 0 aromatic rings. The Morgan fingerprint density at radius 3 is 2.78 bits per heavy atom. The molecular formula is C12H21N3O3. The third-order valence-electron chi connectivity index (χ3n) is 3.69. The smallest absolute Gasteiger partial charge is 0.247 e. The van der Waals surface area contributed by atoms with Crippen molar-refractivity contribution in [3.8, 4) is 0 Å². The number of rotatable bonds is 1. The Hall–Kier alpha value is -1.14. The van der Waals surface area contributed by atoms with E-state index in [1.807, 2.05) is 0 Å². The number of likely N-dealkylation sites (N-methyl/N-ethyl adjacent to an activating group) is 1. The molecule has 1 unspecified atom stereocenters. The number of carbonyl (C=O) groups excluding carboxylic acids is 2. The Kier molecular flexibility index (Phi) is 3.59. The fraction of sp³-hybridized carbons (Fsp3) is 0.833. The van der Waals surface area contributed by atoms with Crippen LogP contribution in [-0.4, -0.2) is 73.1 Å². The number of carbonyl (C=O) groups is 2. The normalized spacial score (nSPS) is 28.4. The van der Waals surface area contributed by atoms with Crippen LogP contribution in [0.15, 0.2) is 0 Å². The zero-order valence-electron chi connectivity index (χ0n) is 11.2. The van der Waals surface area contributed by atoms with Gasteiger partial charge in [0.05, 0.1) is 13.2 Å². The van der Waals surface area contributed by atoms with Gasteiger partial charge < -0.3 is 19.9 Å². The van der Waals surface area contributed by atoms with Crippen LogP contribution in [0.5, 0.6) is 0 Å². The van der Waals surface area contributed by atoms with Crippen LogP contribution in [0, 0.1) is 0 Å².